The van der Waals surface area contributed by atoms with E-state index >= 15 is 0 Å². The zero-order valence-corrected chi connectivity index (χ0v) is 12.7. The zero-order valence-electron chi connectivity index (χ0n) is 11.9. The number of nitrogens with zero attached hydrogens (tertiary/aromatic N) is 1. The minimum atomic E-state index is -0.638. The first-order chi connectivity index (χ1) is 11.1. The van der Waals surface area contributed by atoms with Gasteiger partial charge in [0.15, 0.2) is 0 Å². The Labute approximate surface area is 136 Å². The van der Waals surface area contributed by atoms with Gasteiger partial charge in [0.25, 0.3) is 5.91 Å². The van der Waals surface area contributed by atoms with Crippen LogP contribution in [0.25, 0.3) is 11.3 Å². The predicted octanol–water partition coefficient (Wildman–Crippen LogP) is 4.06. The Morgan fingerprint density at radius 3 is 2.83 bits per heavy atom. The highest BCUT2D eigenvalue weighted by atomic mass is 35.5. The van der Waals surface area contributed by atoms with E-state index in [1.54, 1.807) is 36.5 Å². The van der Waals surface area contributed by atoms with E-state index in [-0.39, 0.29) is 12.1 Å². The molecule has 1 N–H and O–H groups in total. The summed E-state index contributed by atoms with van der Waals surface area (Å²) in [7, 11) is 0. The van der Waals surface area contributed by atoms with Gasteiger partial charge in [-0.3, -0.25) is 9.78 Å². The van der Waals surface area contributed by atoms with Crippen molar-refractivity contribution in [3.63, 3.8) is 0 Å². The molecule has 0 aliphatic carbocycles. The SMILES string of the molecule is O=C(NCc1ccco1)c1ccc(-c2ncccc2Cl)cc1F. The number of hydrogen-bond acceptors (Lipinski definition) is 3. The Balaban J connectivity index is 1.79. The number of carbonyl (C=O) groups excluding carboxylic acids is 1. The summed E-state index contributed by atoms with van der Waals surface area (Å²) < 4.78 is 19.3. The van der Waals surface area contributed by atoms with Crippen molar-refractivity contribution in [2.45, 2.75) is 6.54 Å². The van der Waals surface area contributed by atoms with E-state index in [9.17, 15) is 9.18 Å². The van der Waals surface area contributed by atoms with Gasteiger partial charge in [0, 0.05) is 11.8 Å². The van der Waals surface area contributed by atoms with Gasteiger partial charge in [0.1, 0.15) is 11.6 Å². The smallest absolute Gasteiger partial charge is 0.254 e. The van der Waals surface area contributed by atoms with Gasteiger partial charge in [-0.25, -0.2) is 4.39 Å². The van der Waals surface area contributed by atoms with E-state index in [4.69, 9.17) is 16.0 Å². The standard InChI is InChI=1S/C17H12ClFN2O2/c18-14-4-1-7-20-16(14)11-5-6-13(15(19)9-11)17(22)21-10-12-3-2-8-23-12/h1-9H,10H2,(H,21,22). The second kappa shape index (κ2) is 6.62. The maximum atomic E-state index is 14.2. The van der Waals surface area contributed by atoms with Crippen LogP contribution in [0, 0.1) is 5.82 Å². The third-order valence-electron chi connectivity index (χ3n) is 3.25. The number of rotatable bonds is 4. The quantitative estimate of drug-likeness (QED) is 0.784. The van der Waals surface area contributed by atoms with Gasteiger partial charge in [-0.15, -0.1) is 0 Å². The van der Waals surface area contributed by atoms with Crippen LogP contribution in [0.3, 0.4) is 0 Å². The number of benzene rings is 1. The van der Waals surface area contributed by atoms with Crippen LogP contribution in [-0.2, 0) is 6.54 Å². The number of carbonyl (C=O) groups is 1. The summed E-state index contributed by atoms with van der Waals surface area (Å²) in [4.78, 5) is 16.2. The van der Waals surface area contributed by atoms with Crippen molar-refractivity contribution in [2.75, 3.05) is 0 Å². The average molecular weight is 331 g/mol. The summed E-state index contributed by atoms with van der Waals surface area (Å²) in [6.07, 6.45) is 3.08. The fourth-order valence-electron chi connectivity index (χ4n) is 2.12. The first-order valence-electron chi connectivity index (χ1n) is 6.86. The van der Waals surface area contributed by atoms with Gasteiger partial charge in [-0.05, 0) is 36.4 Å². The van der Waals surface area contributed by atoms with Gasteiger partial charge in [0.05, 0.1) is 29.1 Å². The van der Waals surface area contributed by atoms with Crippen molar-refractivity contribution in [1.82, 2.24) is 10.3 Å². The van der Waals surface area contributed by atoms with E-state index in [1.165, 1.54) is 18.4 Å². The van der Waals surface area contributed by atoms with Crippen molar-refractivity contribution in [3.05, 3.63) is 77.1 Å². The molecule has 1 amide bonds. The summed E-state index contributed by atoms with van der Waals surface area (Å²) >= 11 is 6.05. The zero-order chi connectivity index (χ0) is 16.2. The number of halogens is 2. The maximum absolute atomic E-state index is 14.2. The molecule has 0 fully saturated rings. The van der Waals surface area contributed by atoms with Gasteiger partial charge in [-0.2, -0.15) is 0 Å². The Morgan fingerprint density at radius 2 is 2.13 bits per heavy atom. The second-order valence-corrected chi connectivity index (χ2v) is 5.20. The number of furan rings is 1. The third kappa shape index (κ3) is 3.40. The van der Waals surface area contributed by atoms with Crippen molar-refractivity contribution < 1.29 is 13.6 Å². The molecule has 0 unspecified atom stereocenters. The van der Waals surface area contributed by atoms with Crippen LogP contribution in [0.4, 0.5) is 4.39 Å². The Bertz CT molecular complexity index is 834. The highest BCUT2D eigenvalue weighted by Gasteiger charge is 2.14. The fourth-order valence-corrected chi connectivity index (χ4v) is 2.35. The number of amides is 1. The molecular formula is C17H12ClFN2O2. The lowest BCUT2D eigenvalue weighted by Gasteiger charge is -2.07. The molecule has 0 spiro atoms. The summed E-state index contributed by atoms with van der Waals surface area (Å²) in [6, 6.07) is 11.1. The normalized spacial score (nSPS) is 10.5. The van der Waals surface area contributed by atoms with Gasteiger partial charge in [-0.1, -0.05) is 17.7 Å². The summed E-state index contributed by atoms with van der Waals surface area (Å²) in [5, 5.41) is 3.02. The molecule has 0 saturated carbocycles. The monoisotopic (exact) mass is 330 g/mol. The molecule has 0 radical (unpaired) electrons. The van der Waals surface area contributed by atoms with Crippen LogP contribution >= 0.6 is 11.6 Å². The third-order valence-corrected chi connectivity index (χ3v) is 3.55. The molecule has 116 valence electrons. The maximum Gasteiger partial charge on any atom is 0.254 e. The topological polar surface area (TPSA) is 55.1 Å². The highest BCUT2D eigenvalue weighted by molar-refractivity contribution is 6.33. The average Bonchev–Trinajstić information content (AvgIpc) is 3.06. The first kappa shape index (κ1) is 15.2. The van der Waals surface area contributed by atoms with E-state index in [1.807, 2.05) is 0 Å². The van der Waals surface area contributed by atoms with Crippen molar-refractivity contribution in [3.8, 4) is 11.3 Å². The van der Waals surface area contributed by atoms with Crippen LogP contribution in [0.1, 0.15) is 16.1 Å². The van der Waals surface area contributed by atoms with Crippen molar-refractivity contribution >= 4 is 17.5 Å². The number of nitrogens with one attached hydrogen (secondary N) is 1. The molecule has 2 heterocycles. The Morgan fingerprint density at radius 1 is 1.26 bits per heavy atom. The molecule has 0 aliphatic rings. The lowest BCUT2D eigenvalue weighted by Crippen LogP contribution is -2.23. The summed E-state index contributed by atoms with van der Waals surface area (Å²) in [5.41, 5.74) is 0.929. The van der Waals surface area contributed by atoms with Gasteiger partial charge < -0.3 is 9.73 Å². The summed E-state index contributed by atoms with van der Waals surface area (Å²) in [5.74, 6) is -0.561. The minimum Gasteiger partial charge on any atom is -0.467 e. The van der Waals surface area contributed by atoms with Gasteiger partial charge in [0.2, 0.25) is 0 Å². The van der Waals surface area contributed by atoms with Crippen LogP contribution in [-0.4, -0.2) is 10.9 Å². The predicted molar refractivity (Wildman–Crippen MR) is 84.5 cm³/mol. The molecular weight excluding hydrogens is 319 g/mol. The van der Waals surface area contributed by atoms with Crippen LogP contribution in [0.15, 0.2) is 59.3 Å². The van der Waals surface area contributed by atoms with Crippen LogP contribution in [0.2, 0.25) is 5.02 Å². The molecule has 6 heteroatoms. The molecule has 4 nitrogen and oxygen atoms in total. The number of aromatic nitrogens is 1. The lowest BCUT2D eigenvalue weighted by atomic mass is 10.1. The molecule has 0 saturated heterocycles. The lowest BCUT2D eigenvalue weighted by molar-refractivity contribution is 0.0944. The number of pyridine rings is 1. The highest BCUT2D eigenvalue weighted by Crippen LogP contribution is 2.26. The Hall–Kier alpha value is -2.66. The second-order valence-electron chi connectivity index (χ2n) is 4.79. The van der Waals surface area contributed by atoms with E-state index in [0.29, 0.717) is 22.0 Å². The van der Waals surface area contributed by atoms with E-state index < -0.39 is 11.7 Å². The molecule has 0 bridgehead atoms. The minimum absolute atomic E-state index is 0.0487. The Kier molecular flexibility index (Phi) is 4.39. The van der Waals surface area contributed by atoms with Crippen LogP contribution in [0.5, 0.6) is 0 Å². The molecule has 0 aliphatic heterocycles. The number of hydrogen-bond donors (Lipinski definition) is 1. The van der Waals surface area contributed by atoms with Crippen LogP contribution < -0.4 is 5.32 Å². The molecule has 23 heavy (non-hydrogen) atoms. The molecule has 3 aromatic rings. The van der Waals surface area contributed by atoms with Gasteiger partial charge >= 0.3 is 0 Å². The van der Waals surface area contributed by atoms with Crippen molar-refractivity contribution in [1.29, 1.82) is 0 Å². The molecule has 0 atom stereocenters. The largest absolute Gasteiger partial charge is 0.467 e. The molecule has 1 aromatic carbocycles. The van der Waals surface area contributed by atoms with E-state index in [0.717, 1.165) is 0 Å². The summed E-state index contributed by atoms with van der Waals surface area (Å²) in [6.45, 7) is 0.194. The van der Waals surface area contributed by atoms with E-state index in [2.05, 4.69) is 10.3 Å². The van der Waals surface area contributed by atoms with Crippen molar-refractivity contribution in [2.24, 2.45) is 0 Å². The molecule has 3 rings (SSSR count). The fraction of sp³-hybridized carbons (Fsp3) is 0.0588. The molecule has 2 aromatic heterocycles. The first-order valence-corrected chi connectivity index (χ1v) is 7.24.